The van der Waals surface area contributed by atoms with Crippen LogP contribution in [0, 0.1) is 0 Å². The summed E-state index contributed by atoms with van der Waals surface area (Å²) < 4.78 is 11.0. The third-order valence-corrected chi connectivity index (χ3v) is 5.11. The van der Waals surface area contributed by atoms with Crippen molar-refractivity contribution >= 4 is 29.3 Å². The van der Waals surface area contributed by atoms with Crippen LogP contribution in [-0.4, -0.2) is 28.8 Å². The van der Waals surface area contributed by atoms with Crippen LogP contribution in [0.25, 0.3) is 11.5 Å². The molecule has 0 aliphatic heterocycles. The highest BCUT2D eigenvalue weighted by molar-refractivity contribution is 6.30. The summed E-state index contributed by atoms with van der Waals surface area (Å²) in [5.41, 5.74) is 1.99. The molecule has 9 heteroatoms. The van der Waals surface area contributed by atoms with Gasteiger partial charge in [0.15, 0.2) is 0 Å². The van der Waals surface area contributed by atoms with Crippen LogP contribution in [0.4, 0.5) is 10.5 Å². The molecule has 0 spiro atoms. The highest BCUT2D eigenvalue weighted by Crippen LogP contribution is 2.26. The molecular formula is C25H21ClN4O4. The minimum Gasteiger partial charge on any atom is -0.462 e. The lowest BCUT2D eigenvalue weighted by molar-refractivity contribution is 0.0527. The Morgan fingerprint density at radius 1 is 0.971 bits per heavy atom. The lowest BCUT2D eigenvalue weighted by Crippen LogP contribution is -2.34. The van der Waals surface area contributed by atoms with Crippen molar-refractivity contribution in [3.8, 4) is 11.5 Å². The van der Waals surface area contributed by atoms with Gasteiger partial charge in [0.1, 0.15) is 6.04 Å². The van der Waals surface area contributed by atoms with Gasteiger partial charge in [-0.2, -0.15) is 0 Å². The monoisotopic (exact) mass is 476 g/mol. The van der Waals surface area contributed by atoms with Gasteiger partial charge in [-0.15, -0.1) is 10.2 Å². The van der Waals surface area contributed by atoms with E-state index in [-0.39, 0.29) is 18.1 Å². The van der Waals surface area contributed by atoms with E-state index >= 15 is 0 Å². The number of aromatic nitrogens is 2. The molecule has 1 unspecified atom stereocenters. The second kappa shape index (κ2) is 10.6. The Hall–Kier alpha value is -4.17. The highest BCUT2D eigenvalue weighted by Gasteiger charge is 2.24. The lowest BCUT2D eigenvalue weighted by atomic mass is 10.1. The van der Waals surface area contributed by atoms with Gasteiger partial charge in [-0.3, -0.25) is 0 Å². The van der Waals surface area contributed by atoms with E-state index in [1.54, 1.807) is 55.5 Å². The Labute approximate surface area is 200 Å². The van der Waals surface area contributed by atoms with E-state index < -0.39 is 18.0 Å². The van der Waals surface area contributed by atoms with Gasteiger partial charge < -0.3 is 19.8 Å². The van der Waals surface area contributed by atoms with Crippen molar-refractivity contribution in [1.82, 2.24) is 15.5 Å². The van der Waals surface area contributed by atoms with Crippen molar-refractivity contribution in [1.29, 1.82) is 0 Å². The molecule has 0 aliphatic carbocycles. The third-order valence-electron chi connectivity index (χ3n) is 4.86. The van der Waals surface area contributed by atoms with E-state index in [4.69, 9.17) is 20.8 Å². The molecule has 0 fully saturated rings. The number of amides is 2. The van der Waals surface area contributed by atoms with Gasteiger partial charge in [0.2, 0.25) is 11.8 Å². The number of anilines is 1. The molecule has 1 atom stereocenters. The average Bonchev–Trinajstić information content (AvgIpc) is 3.34. The molecule has 0 aliphatic rings. The lowest BCUT2D eigenvalue weighted by Gasteiger charge is -2.17. The Morgan fingerprint density at radius 2 is 1.68 bits per heavy atom. The van der Waals surface area contributed by atoms with Crippen molar-refractivity contribution < 1.29 is 18.7 Å². The molecule has 0 saturated carbocycles. The zero-order valence-corrected chi connectivity index (χ0v) is 19.0. The molecule has 2 N–H and O–H groups in total. The normalized spacial score (nSPS) is 11.5. The first-order chi connectivity index (χ1) is 16.5. The first kappa shape index (κ1) is 23.0. The minimum atomic E-state index is -0.767. The van der Waals surface area contributed by atoms with Gasteiger partial charge in [0.25, 0.3) is 0 Å². The molecule has 4 rings (SSSR count). The Kier molecular flexibility index (Phi) is 7.19. The summed E-state index contributed by atoms with van der Waals surface area (Å²) >= 11 is 6.04. The number of carbonyl (C=O) groups excluding carboxylic acids is 2. The second-order valence-corrected chi connectivity index (χ2v) is 7.60. The summed E-state index contributed by atoms with van der Waals surface area (Å²) in [4.78, 5) is 25.2. The topological polar surface area (TPSA) is 106 Å². The molecule has 8 nitrogen and oxygen atoms in total. The van der Waals surface area contributed by atoms with Crippen molar-refractivity contribution in [2.75, 3.05) is 11.9 Å². The molecule has 1 aromatic heterocycles. The largest absolute Gasteiger partial charge is 0.462 e. The van der Waals surface area contributed by atoms with Crippen LogP contribution in [0.15, 0.2) is 83.3 Å². The van der Waals surface area contributed by atoms with Gasteiger partial charge in [-0.1, -0.05) is 54.1 Å². The fourth-order valence-electron chi connectivity index (χ4n) is 3.26. The predicted octanol–water partition coefficient (Wildman–Crippen LogP) is 5.48. The van der Waals surface area contributed by atoms with Gasteiger partial charge in [0, 0.05) is 10.6 Å². The number of nitrogens with one attached hydrogen (secondary N) is 2. The molecule has 34 heavy (non-hydrogen) atoms. The fourth-order valence-corrected chi connectivity index (χ4v) is 3.39. The second-order valence-electron chi connectivity index (χ2n) is 7.16. The summed E-state index contributed by atoms with van der Waals surface area (Å²) in [7, 11) is 0. The van der Waals surface area contributed by atoms with Gasteiger partial charge in [-0.05, 0) is 48.9 Å². The standard InChI is InChI=1S/C25H21ClN4O4/c1-2-33-24(31)19-10-6-7-11-20(19)27-25(32)28-21(16-12-14-18(26)15-13-16)23-30-29-22(34-23)17-8-4-3-5-9-17/h3-15,21H,2H2,1H3,(H2,27,28,32). The molecule has 4 aromatic rings. The number of halogens is 1. The van der Waals surface area contributed by atoms with Crippen LogP contribution < -0.4 is 10.6 Å². The minimum absolute atomic E-state index is 0.190. The number of esters is 1. The zero-order chi connectivity index (χ0) is 23.9. The maximum Gasteiger partial charge on any atom is 0.340 e. The van der Waals surface area contributed by atoms with Crippen molar-refractivity contribution in [3.63, 3.8) is 0 Å². The average molecular weight is 477 g/mol. The molecule has 172 valence electrons. The first-order valence-corrected chi connectivity index (χ1v) is 10.9. The number of para-hydroxylation sites is 1. The van der Waals surface area contributed by atoms with Crippen molar-refractivity contribution in [2.45, 2.75) is 13.0 Å². The SMILES string of the molecule is CCOC(=O)c1ccccc1NC(=O)NC(c1ccc(Cl)cc1)c1nnc(-c2ccccc2)o1. The van der Waals surface area contributed by atoms with Gasteiger partial charge in [-0.25, -0.2) is 9.59 Å². The molecule has 0 radical (unpaired) electrons. The number of benzene rings is 3. The van der Waals surface area contributed by atoms with E-state index in [2.05, 4.69) is 20.8 Å². The number of hydrogen-bond acceptors (Lipinski definition) is 6. The number of ether oxygens (including phenoxy) is 1. The maximum absolute atomic E-state index is 13.0. The number of nitrogens with zero attached hydrogens (tertiary/aromatic N) is 2. The quantitative estimate of drug-likeness (QED) is 0.342. The van der Waals surface area contributed by atoms with Crippen molar-refractivity contribution in [3.05, 3.63) is 101 Å². The Bertz CT molecular complexity index is 1280. The molecule has 3 aromatic carbocycles. The maximum atomic E-state index is 13.0. The summed E-state index contributed by atoms with van der Waals surface area (Å²) in [5.74, 6) is -0.0171. The zero-order valence-electron chi connectivity index (χ0n) is 18.2. The van der Waals surface area contributed by atoms with E-state index in [1.807, 2.05) is 30.3 Å². The van der Waals surface area contributed by atoms with E-state index in [9.17, 15) is 9.59 Å². The molecule has 0 bridgehead atoms. The Morgan fingerprint density at radius 3 is 2.41 bits per heavy atom. The van der Waals surface area contributed by atoms with E-state index in [0.29, 0.717) is 22.2 Å². The highest BCUT2D eigenvalue weighted by atomic mass is 35.5. The summed E-state index contributed by atoms with van der Waals surface area (Å²) in [6.07, 6.45) is 0. The number of carbonyl (C=O) groups is 2. The van der Waals surface area contributed by atoms with Gasteiger partial charge in [0.05, 0.1) is 17.9 Å². The van der Waals surface area contributed by atoms with E-state index in [0.717, 1.165) is 5.56 Å². The van der Waals surface area contributed by atoms with Crippen LogP contribution >= 0.6 is 11.6 Å². The van der Waals surface area contributed by atoms with Crippen LogP contribution in [-0.2, 0) is 4.74 Å². The van der Waals surface area contributed by atoms with Crippen molar-refractivity contribution in [2.24, 2.45) is 0 Å². The molecule has 2 amide bonds. The molecular weight excluding hydrogens is 456 g/mol. The Balaban J connectivity index is 1.60. The fraction of sp³-hybridized carbons (Fsp3) is 0.120. The molecule has 1 heterocycles. The van der Waals surface area contributed by atoms with Crippen LogP contribution in [0.3, 0.4) is 0 Å². The van der Waals surface area contributed by atoms with Gasteiger partial charge >= 0.3 is 12.0 Å². The third kappa shape index (κ3) is 5.41. The summed E-state index contributed by atoms with van der Waals surface area (Å²) in [5, 5.41) is 14.4. The van der Waals surface area contributed by atoms with Crippen LogP contribution in [0.1, 0.15) is 34.8 Å². The van der Waals surface area contributed by atoms with E-state index in [1.165, 1.54) is 0 Å². The predicted molar refractivity (Wildman–Crippen MR) is 128 cm³/mol. The number of urea groups is 1. The summed E-state index contributed by atoms with van der Waals surface area (Å²) in [6, 6.07) is 21.5. The molecule has 0 saturated heterocycles. The number of rotatable bonds is 7. The summed E-state index contributed by atoms with van der Waals surface area (Å²) in [6.45, 7) is 1.93. The first-order valence-electron chi connectivity index (χ1n) is 10.5. The van der Waals surface area contributed by atoms with Crippen LogP contribution in [0.2, 0.25) is 5.02 Å². The smallest absolute Gasteiger partial charge is 0.340 e. The number of hydrogen-bond donors (Lipinski definition) is 2. The van der Waals surface area contributed by atoms with Crippen LogP contribution in [0.5, 0.6) is 0 Å².